The highest BCUT2D eigenvalue weighted by Crippen LogP contribution is 2.29. The summed E-state index contributed by atoms with van der Waals surface area (Å²) in [6.07, 6.45) is 4.45. The fourth-order valence-corrected chi connectivity index (χ4v) is 3.79. The maximum atomic E-state index is 12.9. The number of hydrogen-bond acceptors (Lipinski definition) is 3. The molecular weight excluding hydrogens is 376 g/mol. The van der Waals surface area contributed by atoms with E-state index >= 15 is 0 Å². The van der Waals surface area contributed by atoms with E-state index in [1.54, 1.807) is 30.5 Å². The zero-order valence-electron chi connectivity index (χ0n) is 16.5. The van der Waals surface area contributed by atoms with Crippen molar-refractivity contribution in [2.75, 3.05) is 16.8 Å². The third-order valence-electron chi connectivity index (χ3n) is 5.37. The number of nitrogens with zero attached hydrogens (tertiary/aromatic N) is 3. The van der Waals surface area contributed by atoms with Gasteiger partial charge in [-0.15, -0.1) is 0 Å². The summed E-state index contributed by atoms with van der Waals surface area (Å²) in [5, 5.41) is 2.85. The molecule has 0 spiro atoms. The van der Waals surface area contributed by atoms with Gasteiger partial charge < -0.3 is 14.6 Å². The second-order valence-electron chi connectivity index (χ2n) is 7.46. The zero-order chi connectivity index (χ0) is 20.7. The molecule has 0 saturated carbocycles. The summed E-state index contributed by atoms with van der Waals surface area (Å²) in [4.78, 5) is 31.7. The van der Waals surface area contributed by atoms with Gasteiger partial charge in [0.2, 0.25) is 0 Å². The van der Waals surface area contributed by atoms with E-state index in [9.17, 15) is 9.59 Å². The molecule has 2 aromatic heterocycles. The largest absolute Gasteiger partial charge is 0.321 e. The molecule has 0 atom stereocenters. The summed E-state index contributed by atoms with van der Waals surface area (Å²) in [6, 6.07) is 18.8. The van der Waals surface area contributed by atoms with Crippen molar-refractivity contribution in [2.24, 2.45) is 0 Å². The summed E-state index contributed by atoms with van der Waals surface area (Å²) in [6.45, 7) is 2.67. The smallest absolute Gasteiger partial charge is 0.275 e. The van der Waals surface area contributed by atoms with Crippen LogP contribution in [0, 0.1) is 6.92 Å². The molecule has 0 unspecified atom stereocenters. The molecule has 1 aliphatic heterocycles. The van der Waals surface area contributed by atoms with Crippen molar-refractivity contribution in [3.63, 3.8) is 0 Å². The minimum atomic E-state index is -0.288. The van der Waals surface area contributed by atoms with Gasteiger partial charge in [0, 0.05) is 35.9 Å². The van der Waals surface area contributed by atoms with E-state index in [0.29, 0.717) is 23.5 Å². The van der Waals surface area contributed by atoms with Crippen molar-refractivity contribution in [3.8, 4) is 0 Å². The molecule has 5 rings (SSSR count). The van der Waals surface area contributed by atoms with Gasteiger partial charge in [0.05, 0.1) is 0 Å². The summed E-state index contributed by atoms with van der Waals surface area (Å²) in [5.74, 6) is -0.322. The number of nitrogens with one attached hydrogen (secondary N) is 1. The Hall–Kier alpha value is -3.93. The number of benzene rings is 2. The number of carbonyl (C=O) groups excluding carboxylic acids is 2. The first-order chi connectivity index (χ1) is 14.6. The van der Waals surface area contributed by atoms with Gasteiger partial charge in [0.15, 0.2) is 0 Å². The number of carbonyl (C=O) groups is 2. The van der Waals surface area contributed by atoms with Crippen LogP contribution < -0.4 is 10.2 Å². The first-order valence-electron chi connectivity index (χ1n) is 9.85. The first kappa shape index (κ1) is 18.1. The van der Waals surface area contributed by atoms with E-state index in [1.807, 2.05) is 52.8 Å². The molecule has 1 N–H and O–H groups in total. The van der Waals surface area contributed by atoms with Crippen molar-refractivity contribution in [1.29, 1.82) is 0 Å². The molecule has 0 fully saturated rings. The number of amides is 2. The molecule has 0 aliphatic carbocycles. The van der Waals surface area contributed by atoms with E-state index in [2.05, 4.69) is 16.4 Å². The van der Waals surface area contributed by atoms with Gasteiger partial charge in [-0.25, -0.2) is 4.98 Å². The molecule has 6 heteroatoms. The monoisotopic (exact) mass is 396 g/mol. The fraction of sp³-hybridized carbons (Fsp3) is 0.125. The molecule has 3 heterocycles. The highest BCUT2D eigenvalue weighted by atomic mass is 16.2. The van der Waals surface area contributed by atoms with Crippen molar-refractivity contribution >= 4 is 28.8 Å². The van der Waals surface area contributed by atoms with Crippen LogP contribution >= 0.6 is 0 Å². The Bertz CT molecular complexity index is 1270. The van der Waals surface area contributed by atoms with Crippen LogP contribution in [0.15, 0.2) is 73.1 Å². The van der Waals surface area contributed by atoms with Gasteiger partial charge in [-0.1, -0.05) is 18.2 Å². The van der Waals surface area contributed by atoms with Gasteiger partial charge in [-0.3, -0.25) is 9.59 Å². The van der Waals surface area contributed by atoms with Gasteiger partial charge in [-0.05, 0) is 66.9 Å². The van der Waals surface area contributed by atoms with Crippen LogP contribution in [0.5, 0.6) is 0 Å². The lowest BCUT2D eigenvalue weighted by molar-refractivity contribution is 0.0988. The molecule has 148 valence electrons. The lowest BCUT2D eigenvalue weighted by Gasteiger charge is -2.17. The third-order valence-corrected chi connectivity index (χ3v) is 5.37. The molecule has 0 radical (unpaired) electrons. The average molecular weight is 396 g/mol. The van der Waals surface area contributed by atoms with Gasteiger partial charge in [0.1, 0.15) is 11.3 Å². The lowest BCUT2D eigenvalue weighted by Crippen LogP contribution is -2.28. The highest BCUT2D eigenvalue weighted by Gasteiger charge is 2.25. The second-order valence-corrected chi connectivity index (χ2v) is 7.46. The zero-order valence-corrected chi connectivity index (χ0v) is 16.5. The van der Waals surface area contributed by atoms with E-state index in [1.165, 1.54) is 5.56 Å². The molecule has 4 aromatic rings. The highest BCUT2D eigenvalue weighted by molar-refractivity contribution is 6.08. The molecule has 1 aliphatic rings. The van der Waals surface area contributed by atoms with Gasteiger partial charge in [0.25, 0.3) is 11.8 Å². The van der Waals surface area contributed by atoms with Crippen molar-refractivity contribution in [3.05, 3.63) is 95.4 Å². The Morgan fingerprint density at radius 2 is 1.83 bits per heavy atom. The molecular formula is C24H20N4O2. The average Bonchev–Trinajstić information content (AvgIpc) is 3.38. The lowest BCUT2D eigenvalue weighted by atomic mass is 10.1. The predicted octanol–water partition coefficient (Wildman–Crippen LogP) is 4.10. The van der Waals surface area contributed by atoms with E-state index in [-0.39, 0.29) is 11.8 Å². The van der Waals surface area contributed by atoms with E-state index < -0.39 is 0 Å². The summed E-state index contributed by atoms with van der Waals surface area (Å²) < 4.78 is 1.82. The second kappa shape index (κ2) is 7.15. The molecule has 6 nitrogen and oxygen atoms in total. The van der Waals surface area contributed by atoms with Crippen molar-refractivity contribution in [2.45, 2.75) is 13.3 Å². The number of para-hydroxylation sites is 1. The minimum absolute atomic E-state index is 0.0338. The normalized spacial score (nSPS) is 12.8. The number of aryl methyl sites for hydroxylation is 1. The molecule has 2 amide bonds. The summed E-state index contributed by atoms with van der Waals surface area (Å²) in [7, 11) is 0. The van der Waals surface area contributed by atoms with Crippen LogP contribution in [0.1, 0.15) is 32.0 Å². The number of pyridine rings is 1. The molecule has 2 aromatic carbocycles. The van der Waals surface area contributed by atoms with Crippen LogP contribution in [0.4, 0.5) is 11.4 Å². The number of rotatable bonds is 3. The number of anilines is 2. The molecule has 0 saturated heterocycles. The van der Waals surface area contributed by atoms with Crippen LogP contribution in [0.2, 0.25) is 0 Å². The van der Waals surface area contributed by atoms with Gasteiger partial charge in [-0.2, -0.15) is 0 Å². The maximum absolute atomic E-state index is 12.9. The Kier molecular flexibility index (Phi) is 4.32. The summed E-state index contributed by atoms with van der Waals surface area (Å²) in [5.41, 5.74) is 5.53. The SMILES string of the molecule is Cc1ccn2cc(C(=O)Nc3ccc(C(=O)N4CCc5ccccc54)cc3)nc2c1. The fourth-order valence-electron chi connectivity index (χ4n) is 3.79. The molecule has 0 bridgehead atoms. The van der Waals surface area contributed by atoms with Gasteiger partial charge >= 0.3 is 0 Å². The topological polar surface area (TPSA) is 66.7 Å². The third kappa shape index (κ3) is 3.22. The summed E-state index contributed by atoms with van der Waals surface area (Å²) >= 11 is 0. The maximum Gasteiger partial charge on any atom is 0.275 e. The Morgan fingerprint density at radius 3 is 2.67 bits per heavy atom. The quantitative estimate of drug-likeness (QED) is 0.567. The molecule has 30 heavy (non-hydrogen) atoms. The van der Waals surface area contributed by atoms with Crippen LogP contribution in [-0.4, -0.2) is 27.7 Å². The Labute approximate surface area is 173 Å². The van der Waals surface area contributed by atoms with Crippen LogP contribution in [0.3, 0.4) is 0 Å². The van der Waals surface area contributed by atoms with Crippen molar-refractivity contribution in [1.82, 2.24) is 9.38 Å². The predicted molar refractivity (Wildman–Crippen MR) is 116 cm³/mol. The van der Waals surface area contributed by atoms with Crippen LogP contribution in [0.25, 0.3) is 5.65 Å². The Morgan fingerprint density at radius 1 is 1.03 bits per heavy atom. The van der Waals surface area contributed by atoms with E-state index in [0.717, 1.165) is 23.3 Å². The van der Waals surface area contributed by atoms with E-state index in [4.69, 9.17) is 0 Å². The standard InChI is InChI=1S/C24H20N4O2/c1-16-10-12-27-15-20(26-22(27)14-16)23(29)25-19-8-6-18(7-9-19)24(30)28-13-11-17-4-2-3-5-21(17)28/h2-10,12,14-15H,11,13H2,1H3,(H,25,29). The number of hydrogen-bond donors (Lipinski definition) is 1. The first-order valence-corrected chi connectivity index (χ1v) is 9.85. The Balaban J connectivity index is 1.31. The van der Waals surface area contributed by atoms with Crippen LogP contribution in [-0.2, 0) is 6.42 Å². The number of imidazole rings is 1. The van der Waals surface area contributed by atoms with Crippen molar-refractivity contribution < 1.29 is 9.59 Å². The number of fused-ring (bicyclic) bond motifs is 2. The number of aromatic nitrogens is 2. The minimum Gasteiger partial charge on any atom is -0.321 e.